The number of pyridine rings is 1. The average molecular weight is 321 g/mol. The van der Waals surface area contributed by atoms with E-state index in [9.17, 15) is 0 Å². The van der Waals surface area contributed by atoms with Crippen LogP contribution in [-0.4, -0.2) is 34.1 Å². The number of hydrogen-bond donors (Lipinski definition) is 2. The molecule has 0 saturated carbocycles. The molecule has 1 fully saturated rings. The first-order chi connectivity index (χ1) is 11.9. The van der Waals surface area contributed by atoms with Crippen molar-refractivity contribution in [1.29, 1.82) is 0 Å². The predicted octanol–water partition coefficient (Wildman–Crippen LogP) is 2.38. The van der Waals surface area contributed by atoms with E-state index in [-0.39, 0.29) is 6.10 Å². The fourth-order valence-electron chi connectivity index (χ4n) is 2.84. The minimum absolute atomic E-state index is 0.226. The zero-order chi connectivity index (χ0) is 16.2. The maximum atomic E-state index is 6.08. The van der Waals surface area contributed by atoms with Crippen LogP contribution in [0.5, 0.6) is 5.75 Å². The molecule has 3 heterocycles. The van der Waals surface area contributed by atoms with Gasteiger partial charge in [-0.05, 0) is 30.7 Å². The topological polar surface area (TPSA) is 72.0 Å². The monoisotopic (exact) mass is 321 g/mol. The first-order valence-corrected chi connectivity index (χ1v) is 8.13. The molecule has 1 aromatic carbocycles. The molecule has 0 radical (unpaired) electrons. The van der Waals surface area contributed by atoms with Crippen molar-refractivity contribution in [3.63, 3.8) is 0 Å². The van der Waals surface area contributed by atoms with Gasteiger partial charge in [0.1, 0.15) is 11.9 Å². The molecular weight excluding hydrogens is 302 g/mol. The quantitative estimate of drug-likeness (QED) is 0.752. The van der Waals surface area contributed by atoms with Crippen molar-refractivity contribution in [3.05, 3.63) is 54.6 Å². The van der Waals surface area contributed by atoms with Gasteiger partial charge in [0.15, 0.2) is 0 Å². The van der Waals surface area contributed by atoms with Gasteiger partial charge >= 0.3 is 0 Å². The van der Waals surface area contributed by atoms with E-state index >= 15 is 0 Å². The second-order valence-electron chi connectivity index (χ2n) is 5.84. The van der Waals surface area contributed by atoms with Crippen LogP contribution in [-0.2, 0) is 6.54 Å². The van der Waals surface area contributed by atoms with Gasteiger partial charge in [0.2, 0.25) is 0 Å². The molecule has 6 heteroatoms. The van der Waals surface area contributed by atoms with Crippen LogP contribution in [0, 0.1) is 0 Å². The molecule has 1 aliphatic heterocycles. The summed E-state index contributed by atoms with van der Waals surface area (Å²) in [7, 11) is 0. The lowest BCUT2D eigenvalue weighted by atomic mass is 10.2. The van der Waals surface area contributed by atoms with Crippen LogP contribution in [0.2, 0.25) is 0 Å². The summed E-state index contributed by atoms with van der Waals surface area (Å²) in [5.74, 6) is 0.847. The van der Waals surface area contributed by atoms with Gasteiger partial charge in [0, 0.05) is 37.7 Å². The maximum absolute atomic E-state index is 6.08. The summed E-state index contributed by atoms with van der Waals surface area (Å²) in [5, 5.41) is 6.73. The summed E-state index contributed by atoms with van der Waals surface area (Å²) in [6, 6.07) is 8.01. The average Bonchev–Trinajstić information content (AvgIpc) is 3.14. The maximum Gasteiger partial charge on any atom is 0.146 e. The molecule has 122 valence electrons. The number of nitrogens with one attached hydrogen (secondary N) is 2. The van der Waals surface area contributed by atoms with Crippen LogP contribution in [0.25, 0.3) is 11.0 Å². The first-order valence-electron chi connectivity index (χ1n) is 8.13. The van der Waals surface area contributed by atoms with E-state index in [4.69, 9.17) is 4.74 Å². The fourth-order valence-corrected chi connectivity index (χ4v) is 2.84. The third-order valence-corrected chi connectivity index (χ3v) is 4.11. The number of rotatable bonds is 5. The number of hydrogen-bond acceptors (Lipinski definition) is 6. The molecule has 0 aliphatic carbocycles. The lowest BCUT2D eigenvalue weighted by molar-refractivity contribution is 0.224. The highest BCUT2D eigenvalue weighted by molar-refractivity contribution is 5.74. The van der Waals surface area contributed by atoms with Gasteiger partial charge < -0.3 is 15.4 Å². The molecule has 6 nitrogen and oxygen atoms in total. The van der Waals surface area contributed by atoms with Gasteiger partial charge in [-0.3, -0.25) is 15.0 Å². The predicted molar refractivity (Wildman–Crippen MR) is 93.0 cm³/mol. The van der Waals surface area contributed by atoms with Crippen molar-refractivity contribution in [3.8, 4) is 5.75 Å². The van der Waals surface area contributed by atoms with E-state index in [1.54, 1.807) is 24.8 Å². The Hall–Kier alpha value is -2.73. The standard InChI is InChI=1S/C18H19N5O/c1-2-15-16(22-8-7-21-15)9-13(1)10-23-17-12-20-6-4-18(17)24-14-3-5-19-11-14/h1-2,4,6-9,12,14,19,23H,3,5,10-11H2. The second-order valence-corrected chi connectivity index (χ2v) is 5.84. The van der Waals surface area contributed by atoms with Crippen molar-refractivity contribution >= 4 is 16.7 Å². The van der Waals surface area contributed by atoms with Gasteiger partial charge in [0.25, 0.3) is 0 Å². The first kappa shape index (κ1) is 14.8. The Balaban J connectivity index is 1.48. The molecule has 3 aromatic rings. The van der Waals surface area contributed by atoms with Crippen molar-refractivity contribution in [2.45, 2.75) is 19.1 Å². The number of ether oxygens (including phenoxy) is 1. The van der Waals surface area contributed by atoms with Crippen molar-refractivity contribution in [2.24, 2.45) is 0 Å². The molecule has 1 atom stereocenters. The summed E-state index contributed by atoms with van der Waals surface area (Å²) >= 11 is 0. The third-order valence-electron chi connectivity index (χ3n) is 4.11. The van der Waals surface area contributed by atoms with E-state index < -0.39 is 0 Å². The third kappa shape index (κ3) is 3.28. The highest BCUT2D eigenvalue weighted by Crippen LogP contribution is 2.25. The molecule has 1 unspecified atom stereocenters. The Bertz CT molecular complexity index is 832. The van der Waals surface area contributed by atoms with Gasteiger partial charge in [0.05, 0.1) is 22.9 Å². The Morgan fingerprint density at radius 3 is 2.92 bits per heavy atom. The molecular formula is C18H19N5O. The van der Waals surface area contributed by atoms with E-state index in [0.29, 0.717) is 6.54 Å². The largest absolute Gasteiger partial charge is 0.487 e. The normalized spacial score (nSPS) is 17.1. The summed E-state index contributed by atoms with van der Waals surface area (Å²) in [5.41, 5.74) is 3.85. The molecule has 2 aromatic heterocycles. The number of fused-ring (bicyclic) bond motifs is 1. The van der Waals surface area contributed by atoms with Crippen molar-refractivity contribution in [1.82, 2.24) is 20.3 Å². The molecule has 24 heavy (non-hydrogen) atoms. The van der Waals surface area contributed by atoms with E-state index in [1.165, 1.54) is 0 Å². The van der Waals surface area contributed by atoms with Crippen LogP contribution in [0.15, 0.2) is 49.1 Å². The Labute approximate surface area is 140 Å². The highest BCUT2D eigenvalue weighted by Gasteiger charge is 2.17. The van der Waals surface area contributed by atoms with Gasteiger partial charge in [-0.1, -0.05) is 6.07 Å². The Morgan fingerprint density at radius 1 is 1.12 bits per heavy atom. The molecule has 4 rings (SSSR count). The minimum Gasteiger partial charge on any atom is -0.487 e. The lowest BCUT2D eigenvalue weighted by Gasteiger charge is -2.16. The lowest BCUT2D eigenvalue weighted by Crippen LogP contribution is -2.20. The number of benzene rings is 1. The number of anilines is 1. The van der Waals surface area contributed by atoms with Crippen LogP contribution >= 0.6 is 0 Å². The van der Waals surface area contributed by atoms with Crippen molar-refractivity contribution < 1.29 is 4.74 Å². The Morgan fingerprint density at radius 2 is 2.04 bits per heavy atom. The Kier molecular flexibility index (Phi) is 4.20. The highest BCUT2D eigenvalue weighted by atomic mass is 16.5. The van der Waals surface area contributed by atoms with Gasteiger partial charge in [-0.25, -0.2) is 0 Å². The SMILES string of the molecule is c1cc(OC2CCNC2)c(NCc2ccc3nccnc3c2)cn1. The fraction of sp³-hybridized carbons (Fsp3) is 0.278. The number of nitrogens with zero attached hydrogens (tertiary/aromatic N) is 3. The van der Waals surface area contributed by atoms with E-state index in [2.05, 4.69) is 31.7 Å². The minimum atomic E-state index is 0.226. The van der Waals surface area contributed by atoms with Crippen LogP contribution < -0.4 is 15.4 Å². The molecule has 1 aliphatic rings. The molecule has 2 N–H and O–H groups in total. The molecule has 0 amide bonds. The van der Waals surface area contributed by atoms with Crippen molar-refractivity contribution in [2.75, 3.05) is 18.4 Å². The van der Waals surface area contributed by atoms with Gasteiger partial charge in [-0.15, -0.1) is 0 Å². The summed E-state index contributed by atoms with van der Waals surface area (Å²) in [6.45, 7) is 2.58. The molecule has 1 saturated heterocycles. The summed E-state index contributed by atoms with van der Waals surface area (Å²) < 4.78 is 6.08. The van der Waals surface area contributed by atoms with Crippen LogP contribution in [0.1, 0.15) is 12.0 Å². The number of aromatic nitrogens is 3. The summed E-state index contributed by atoms with van der Waals surface area (Å²) in [6.07, 6.45) is 8.24. The zero-order valence-electron chi connectivity index (χ0n) is 13.3. The zero-order valence-corrected chi connectivity index (χ0v) is 13.3. The van der Waals surface area contributed by atoms with Gasteiger partial charge in [-0.2, -0.15) is 0 Å². The van der Waals surface area contributed by atoms with Crippen LogP contribution in [0.4, 0.5) is 5.69 Å². The van der Waals surface area contributed by atoms with E-state index in [1.807, 2.05) is 18.2 Å². The molecule has 0 spiro atoms. The van der Waals surface area contributed by atoms with Crippen LogP contribution in [0.3, 0.4) is 0 Å². The second kappa shape index (κ2) is 6.80. The summed E-state index contributed by atoms with van der Waals surface area (Å²) in [4.78, 5) is 12.8. The van der Waals surface area contributed by atoms with E-state index in [0.717, 1.165) is 47.5 Å². The smallest absolute Gasteiger partial charge is 0.146 e. The molecule has 0 bridgehead atoms.